The molecular formula is C10H14Cl2N2O2S. The summed E-state index contributed by atoms with van der Waals surface area (Å²) in [5.41, 5.74) is 0.957. The van der Waals surface area contributed by atoms with Gasteiger partial charge in [0.1, 0.15) is 0 Å². The van der Waals surface area contributed by atoms with Gasteiger partial charge < -0.3 is 5.32 Å². The second-order valence-electron chi connectivity index (χ2n) is 3.68. The van der Waals surface area contributed by atoms with Gasteiger partial charge in [0, 0.05) is 16.6 Å². The predicted molar refractivity (Wildman–Crippen MR) is 70.8 cm³/mol. The molecule has 7 heteroatoms. The number of sulfonamides is 1. The van der Waals surface area contributed by atoms with Crippen molar-refractivity contribution in [2.24, 2.45) is 5.14 Å². The molecule has 0 saturated carbocycles. The fourth-order valence-electron chi connectivity index (χ4n) is 1.34. The van der Waals surface area contributed by atoms with E-state index in [0.29, 0.717) is 29.6 Å². The summed E-state index contributed by atoms with van der Waals surface area (Å²) in [6.07, 6.45) is 0.479. The van der Waals surface area contributed by atoms with Crippen molar-refractivity contribution in [2.75, 3.05) is 12.3 Å². The van der Waals surface area contributed by atoms with Gasteiger partial charge in [-0.25, -0.2) is 13.6 Å². The first-order chi connectivity index (χ1) is 7.87. The van der Waals surface area contributed by atoms with Gasteiger partial charge in [0.15, 0.2) is 0 Å². The third-order valence-electron chi connectivity index (χ3n) is 2.03. The zero-order chi connectivity index (χ0) is 12.9. The van der Waals surface area contributed by atoms with Crippen LogP contribution < -0.4 is 10.5 Å². The van der Waals surface area contributed by atoms with E-state index in [4.69, 9.17) is 28.3 Å². The number of nitrogens with two attached hydrogens (primary N) is 1. The number of nitrogens with one attached hydrogen (secondary N) is 1. The Bertz CT molecular complexity index is 457. The molecule has 96 valence electrons. The van der Waals surface area contributed by atoms with E-state index in [-0.39, 0.29) is 5.75 Å². The molecule has 0 heterocycles. The van der Waals surface area contributed by atoms with Crippen molar-refractivity contribution >= 4 is 33.2 Å². The minimum absolute atomic E-state index is 0.0176. The molecular weight excluding hydrogens is 283 g/mol. The molecule has 0 bridgehead atoms. The lowest BCUT2D eigenvalue weighted by molar-refractivity contribution is 0.590. The summed E-state index contributed by atoms with van der Waals surface area (Å²) >= 11 is 11.7. The van der Waals surface area contributed by atoms with E-state index in [2.05, 4.69) is 5.32 Å². The van der Waals surface area contributed by atoms with Crippen LogP contribution in [-0.4, -0.2) is 20.7 Å². The third-order valence-corrected chi connectivity index (χ3v) is 3.33. The quantitative estimate of drug-likeness (QED) is 0.786. The summed E-state index contributed by atoms with van der Waals surface area (Å²) < 4.78 is 21.3. The minimum atomic E-state index is -3.36. The van der Waals surface area contributed by atoms with Crippen LogP contribution in [0.15, 0.2) is 18.2 Å². The van der Waals surface area contributed by atoms with E-state index in [9.17, 15) is 8.42 Å². The highest BCUT2D eigenvalue weighted by atomic mass is 35.5. The van der Waals surface area contributed by atoms with E-state index in [1.54, 1.807) is 18.2 Å². The zero-order valence-corrected chi connectivity index (χ0v) is 11.4. The Morgan fingerprint density at radius 1 is 1.18 bits per heavy atom. The Morgan fingerprint density at radius 3 is 2.29 bits per heavy atom. The molecule has 0 aliphatic rings. The number of halogens is 2. The second-order valence-corrected chi connectivity index (χ2v) is 6.28. The average Bonchev–Trinajstić information content (AvgIpc) is 2.13. The van der Waals surface area contributed by atoms with Gasteiger partial charge in [-0.3, -0.25) is 0 Å². The highest BCUT2D eigenvalue weighted by Gasteiger charge is 2.02. The van der Waals surface area contributed by atoms with Gasteiger partial charge in [-0.1, -0.05) is 23.2 Å². The molecule has 0 spiro atoms. The first-order valence-electron chi connectivity index (χ1n) is 5.03. The average molecular weight is 297 g/mol. The highest BCUT2D eigenvalue weighted by molar-refractivity contribution is 7.89. The summed E-state index contributed by atoms with van der Waals surface area (Å²) in [4.78, 5) is 0. The zero-order valence-electron chi connectivity index (χ0n) is 9.12. The lowest BCUT2D eigenvalue weighted by Crippen LogP contribution is -2.22. The van der Waals surface area contributed by atoms with Crippen molar-refractivity contribution in [3.05, 3.63) is 33.8 Å². The van der Waals surface area contributed by atoms with Crippen LogP contribution in [0.3, 0.4) is 0 Å². The minimum Gasteiger partial charge on any atom is -0.313 e. The Hall–Kier alpha value is -0.330. The lowest BCUT2D eigenvalue weighted by Gasteiger charge is -2.05. The van der Waals surface area contributed by atoms with Crippen LogP contribution in [0.5, 0.6) is 0 Å². The fourth-order valence-corrected chi connectivity index (χ4v) is 2.46. The molecule has 0 fully saturated rings. The molecule has 0 atom stereocenters. The first kappa shape index (κ1) is 14.7. The molecule has 0 radical (unpaired) electrons. The standard InChI is InChI=1S/C10H14Cl2N2O2S/c11-9-4-8(5-10(12)6-9)7-14-2-1-3-17(13,15)16/h4-6,14H,1-3,7H2,(H2,13,15,16). The van der Waals surface area contributed by atoms with E-state index in [1.165, 1.54) is 0 Å². The van der Waals surface area contributed by atoms with Crippen molar-refractivity contribution in [1.29, 1.82) is 0 Å². The van der Waals surface area contributed by atoms with E-state index >= 15 is 0 Å². The summed E-state index contributed by atoms with van der Waals surface area (Å²) in [5, 5.41) is 9.13. The Labute approximate surface area is 111 Å². The molecule has 0 unspecified atom stereocenters. The first-order valence-corrected chi connectivity index (χ1v) is 7.50. The number of hydrogen-bond donors (Lipinski definition) is 2. The third kappa shape index (κ3) is 6.85. The molecule has 3 N–H and O–H groups in total. The molecule has 0 saturated heterocycles. The molecule has 17 heavy (non-hydrogen) atoms. The van der Waals surface area contributed by atoms with Crippen LogP contribution in [0, 0.1) is 0 Å². The molecule has 1 aromatic carbocycles. The van der Waals surface area contributed by atoms with Crippen molar-refractivity contribution < 1.29 is 8.42 Å². The van der Waals surface area contributed by atoms with Crippen LogP contribution in [0.2, 0.25) is 10.0 Å². The number of hydrogen-bond acceptors (Lipinski definition) is 3. The van der Waals surface area contributed by atoms with Gasteiger partial charge in [0.05, 0.1) is 5.75 Å². The topological polar surface area (TPSA) is 72.2 Å². The smallest absolute Gasteiger partial charge is 0.209 e. The van der Waals surface area contributed by atoms with E-state index in [0.717, 1.165) is 5.56 Å². The molecule has 0 aliphatic heterocycles. The molecule has 1 aromatic rings. The molecule has 0 amide bonds. The van der Waals surface area contributed by atoms with E-state index in [1.807, 2.05) is 0 Å². The van der Waals surface area contributed by atoms with Gasteiger partial charge >= 0.3 is 0 Å². The Balaban J connectivity index is 2.31. The van der Waals surface area contributed by atoms with Gasteiger partial charge in [-0.2, -0.15) is 0 Å². The fraction of sp³-hybridized carbons (Fsp3) is 0.400. The number of benzene rings is 1. The monoisotopic (exact) mass is 296 g/mol. The lowest BCUT2D eigenvalue weighted by atomic mass is 10.2. The van der Waals surface area contributed by atoms with E-state index < -0.39 is 10.0 Å². The normalized spacial score (nSPS) is 11.7. The van der Waals surface area contributed by atoms with Crippen molar-refractivity contribution in [3.63, 3.8) is 0 Å². The van der Waals surface area contributed by atoms with Crippen LogP contribution in [-0.2, 0) is 16.6 Å². The van der Waals surface area contributed by atoms with Gasteiger partial charge in [-0.15, -0.1) is 0 Å². The van der Waals surface area contributed by atoms with Crippen LogP contribution in [0.25, 0.3) is 0 Å². The SMILES string of the molecule is NS(=O)(=O)CCCNCc1cc(Cl)cc(Cl)c1. The van der Waals surface area contributed by atoms with Gasteiger partial charge in [0.25, 0.3) is 0 Å². The maximum Gasteiger partial charge on any atom is 0.209 e. The van der Waals surface area contributed by atoms with Crippen molar-refractivity contribution in [2.45, 2.75) is 13.0 Å². The number of primary sulfonamides is 1. The van der Waals surface area contributed by atoms with Crippen molar-refractivity contribution in [3.8, 4) is 0 Å². The molecule has 4 nitrogen and oxygen atoms in total. The Morgan fingerprint density at radius 2 is 1.76 bits per heavy atom. The number of rotatable bonds is 6. The summed E-state index contributed by atoms with van der Waals surface area (Å²) in [5.74, 6) is -0.0176. The van der Waals surface area contributed by atoms with Gasteiger partial charge in [-0.05, 0) is 36.7 Å². The summed E-state index contributed by atoms with van der Waals surface area (Å²) in [6, 6.07) is 5.27. The van der Waals surface area contributed by atoms with Crippen LogP contribution in [0.1, 0.15) is 12.0 Å². The predicted octanol–water partition coefficient (Wildman–Crippen LogP) is 1.76. The summed E-state index contributed by atoms with van der Waals surface area (Å²) in [6.45, 7) is 1.16. The van der Waals surface area contributed by atoms with Crippen molar-refractivity contribution in [1.82, 2.24) is 5.32 Å². The molecule has 0 aliphatic carbocycles. The highest BCUT2D eigenvalue weighted by Crippen LogP contribution is 2.18. The molecule has 1 rings (SSSR count). The second kappa shape index (κ2) is 6.56. The van der Waals surface area contributed by atoms with Gasteiger partial charge in [0.2, 0.25) is 10.0 Å². The molecule has 0 aromatic heterocycles. The Kier molecular flexibility index (Phi) is 5.69. The summed E-state index contributed by atoms with van der Waals surface area (Å²) in [7, 11) is -3.36. The largest absolute Gasteiger partial charge is 0.313 e. The van der Waals surface area contributed by atoms with Crippen LogP contribution >= 0.6 is 23.2 Å². The maximum atomic E-state index is 10.7. The van der Waals surface area contributed by atoms with Crippen LogP contribution in [0.4, 0.5) is 0 Å². The maximum absolute atomic E-state index is 10.7.